The molecule has 30 heavy (non-hydrogen) atoms. The highest BCUT2D eigenvalue weighted by atomic mass is 79.9. The van der Waals surface area contributed by atoms with Crippen molar-refractivity contribution in [2.75, 3.05) is 19.6 Å². The molecule has 1 heterocycles. The van der Waals surface area contributed by atoms with E-state index in [4.69, 9.17) is 0 Å². The smallest absolute Gasteiger partial charge is 0.253 e. The molecule has 0 N–H and O–H groups in total. The number of nitrogens with zero attached hydrogens (tertiary/aromatic N) is 2. The van der Waals surface area contributed by atoms with Crippen LogP contribution < -0.4 is 0 Å². The first-order valence-electron chi connectivity index (χ1n) is 10.5. The Morgan fingerprint density at radius 3 is 2.37 bits per heavy atom. The summed E-state index contributed by atoms with van der Waals surface area (Å²) in [5.74, 6) is -0.383. The normalized spacial score (nSPS) is 15.7. The Hall–Kier alpha value is -2.21. The van der Waals surface area contributed by atoms with E-state index >= 15 is 0 Å². The Bertz CT molecular complexity index is 879. The third-order valence-electron chi connectivity index (χ3n) is 5.79. The first-order valence-corrected chi connectivity index (χ1v) is 11.3. The number of carbonyl (C=O) groups excluding carboxylic acids is 2. The quantitative estimate of drug-likeness (QED) is 0.558. The van der Waals surface area contributed by atoms with Crippen molar-refractivity contribution < 1.29 is 14.0 Å². The predicted molar refractivity (Wildman–Crippen MR) is 120 cm³/mol. The lowest BCUT2D eigenvalue weighted by Gasteiger charge is -2.37. The largest absolute Gasteiger partial charge is 0.339 e. The summed E-state index contributed by atoms with van der Waals surface area (Å²) in [6.07, 6.45) is 2.19. The minimum Gasteiger partial charge on any atom is -0.339 e. The molecule has 2 aromatic rings. The number of rotatable bonds is 6. The molecule has 0 bridgehead atoms. The summed E-state index contributed by atoms with van der Waals surface area (Å²) in [7, 11) is 0. The van der Waals surface area contributed by atoms with Gasteiger partial charge in [0, 0.05) is 35.6 Å². The van der Waals surface area contributed by atoms with Gasteiger partial charge in [-0.2, -0.15) is 0 Å². The zero-order valence-corrected chi connectivity index (χ0v) is 19.1. The standard InChI is InChI=1S/C24H28BrFN2O2/c1-3-14-28(17(2)21-6-4-5-7-22(21)25)24(30)19-12-15-27(16-13-19)23(29)18-8-10-20(26)11-9-18/h4-11,17,19H,3,12-16H2,1-2H3. The molecule has 6 heteroatoms. The summed E-state index contributed by atoms with van der Waals surface area (Å²) in [5, 5.41) is 0. The summed E-state index contributed by atoms with van der Waals surface area (Å²) < 4.78 is 14.1. The second-order valence-corrected chi connectivity index (χ2v) is 8.66. The van der Waals surface area contributed by atoms with Crippen molar-refractivity contribution in [3.8, 4) is 0 Å². The maximum atomic E-state index is 13.4. The molecule has 0 aromatic heterocycles. The number of hydrogen-bond donors (Lipinski definition) is 0. The van der Waals surface area contributed by atoms with Crippen LogP contribution in [0.3, 0.4) is 0 Å². The molecule has 0 aliphatic carbocycles. The van der Waals surface area contributed by atoms with Crippen molar-refractivity contribution in [3.05, 3.63) is 69.9 Å². The van der Waals surface area contributed by atoms with Crippen LogP contribution in [0.5, 0.6) is 0 Å². The van der Waals surface area contributed by atoms with E-state index in [0.29, 0.717) is 38.0 Å². The van der Waals surface area contributed by atoms with E-state index in [0.717, 1.165) is 16.5 Å². The average molecular weight is 475 g/mol. The Kier molecular flexibility index (Phi) is 7.64. The van der Waals surface area contributed by atoms with Crippen molar-refractivity contribution in [1.29, 1.82) is 0 Å². The Balaban J connectivity index is 1.65. The third kappa shape index (κ3) is 5.09. The highest BCUT2D eigenvalue weighted by Gasteiger charge is 2.32. The molecule has 1 unspecified atom stereocenters. The molecular formula is C24H28BrFN2O2. The SMILES string of the molecule is CCCN(C(=O)C1CCN(C(=O)c2ccc(F)cc2)CC1)C(C)c1ccccc1Br. The number of carbonyl (C=O) groups is 2. The number of amides is 2. The van der Waals surface area contributed by atoms with Gasteiger partial charge >= 0.3 is 0 Å². The van der Waals surface area contributed by atoms with Gasteiger partial charge in [-0.25, -0.2) is 4.39 Å². The van der Waals surface area contributed by atoms with Crippen LogP contribution in [0, 0.1) is 11.7 Å². The van der Waals surface area contributed by atoms with Gasteiger partial charge < -0.3 is 9.80 Å². The van der Waals surface area contributed by atoms with Crippen LogP contribution in [-0.4, -0.2) is 41.2 Å². The van der Waals surface area contributed by atoms with E-state index in [-0.39, 0.29) is 29.6 Å². The number of halogens is 2. The van der Waals surface area contributed by atoms with Gasteiger partial charge in [0.1, 0.15) is 5.82 Å². The van der Waals surface area contributed by atoms with Crippen molar-refractivity contribution in [3.63, 3.8) is 0 Å². The van der Waals surface area contributed by atoms with E-state index < -0.39 is 0 Å². The summed E-state index contributed by atoms with van der Waals surface area (Å²) in [5.41, 5.74) is 1.58. The van der Waals surface area contributed by atoms with Gasteiger partial charge in [0.2, 0.25) is 5.91 Å². The van der Waals surface area contributed by atoms with E-state index in [1.807, 2.05) is 23.1 Å². The number of hydrogen-bond acceptors (Lipinski definition) is 2. The lowest BCUT2D eigenvalue weighted by Crippen LogP contribution is -2.45. The van der Waals surface area contributed by atoms with Crippen LogP contribution in [0.1, 0.15) is 55.1 Å². The van der Waals surface area contributed by atoms with Gasteiger partial charge in [-0.1, -0.05) is 41.1 Å². The molecule has 160 valence electrons. The van der Waals surface area contributed by atoms with Crippen LogP contribution in [0.2, 0.25) is 0 Å². The molecule has 1 saturated heterocycles. The minimum absolute atomic E-state index is 0.0214. The average Bonchev–Trinajstić information content (AvgIpc) is 2.77. The molecule has 0 saturated carbocycles. The van der Waals surface area contributed by atoms with Gasteiger partial charge in [0.25, 0.3) is 5.91 Å². The first kappa shape index (κ1) is 22.5. The zero-order valence-electron chi connectivity index (χ0n) is 17.5. The van der Waals surface area contributed by atoms with Crippen LogP contribution in [0.4, 0.5) is 4.39 Å². The van der Waals surface area contributed by atoms with Crippen molar-refractivity contribution in [2.24, 2.45) is 5.92 Å². The predicted octanol–water partition coefficient (Wildman–Crippen LogP) is 5.44. The monoisotopic (exact) mass is 474 g/mol. The van der Waals surface area contributed by atoms with E-state index in [9.17, 15) is 14.0 Å². The molecule has 2 amide bonds. The third-order valence-corrected chi connectivity index (χ3v) is 6.52. The highest BCUT2D eigenvalue weighted by molar-refractivity contribution is 9.10. The molecule has 4 nitrogen and oxygen atoms in total. The molecular weight excluding hydrogens is 447 g/mol. The Morgan fingerprint density at radius 2 is 1.77 bits per heavy atom. The summed E-state index contributed by atoms with van der Waals surface area (Å²) in [4.78, 5) is 29.8. The van der Waals surface area contributed by atoms with Gasteiger partial charge in [0.05, 0.1) is 6.04 Å². The Labute approximate surface area is 186 Å². The van der Waals surface area contributed by atoms with Gasteiger partial charge in [-0.15, -0.1) is 0 Å². The zero-order chi connectivity index (χ0) is 21.7. The lowest BCUT2D eigenvalue weighted by atomic mass is 9.93. The Morgan fingerprint density at radius 1 is 1.13 bits per heavy atom. The summed E-state index contributed by atoms with van der Waals surface area (Å²) in [6.45, 7) is 5.93. The van der Waals surface area contributed by atoms with Gasteiger partial charge in [-0.05, 0) is 62.1 Å². The number of piperidine rings is 1. The molecule has 1 aliphatic rings. The number of likely N-dealkylation sites (tertiary alicyclic amines) is 1. The molecule has 1 atom stereocenters. The van der Waals surface area contributed by atoms with E-state index in [2.05, 4.69) is 35.8 Å². The van der Waals surface area contributed by atoms with Crippen molar-refractivity contribution in [2.45, 2.75) is 39.2 Å². The van der Waals surface area contributed by atoms with E-state index in [1.165, 1.54) is 24.3 Å². The second-order valence-electron chi connectivity index (χ2n) is 7.80. The van der Waals surface area contributed by atoms with Crippen LogP contribution >= 0.6 is 15.9 Å². The highest BCUT2D eigenvalue weighted by Crippen LogP contribution is 2.31. The van der Waals surface area contributed by atoms with Crippen LogP contribution in [0.25, 0.3) is 0 Å². The molecule has 3 rings (SSSR count). The van der Waals surface area contributed by atoms with Gasteiger partial charge in [0.15, 0.2) is 0 Å². The van der Waals surface area contributed by atoms with Crippen molar-refractivity contribution in [1.82, 2.24) is 9.80 Å². The fourth-order valence-corrected chi connectivity index (χ4v) is 4.67. The topological polar surface area (TPSA) is 40.6 Å². The second kappa shape index (κ2) is 10.2. The maximum Gasteiger partial charge on any atom is 0.253 e. The molecule has 1 fully saturated rings. The summed E-state index contributed by atoms with van der Waals surface area (Å²) in [6, 6.07) is 13.6. The lowest BCUT2D eigenvalue weighted by molar-refractivity contribution is -0.139. The molecule has 1 aliphatic heterocycles. The van der Waals surface area contributed by atoms with Crippen molar-refractivity contribution >= 4 is 27.7 Å². The van der Waals surface area contributed by atoms with Crippen LogP contribution in [0.15, 0.2) is 53.0 Å². The molecule has 0 radical (unpaired) electrons. The minimum atomic E-state index is -0.356. The van der Waals surface area contributed by atoms with E-state index in [1.54, 1.807) is 4.90 Å². The van der Waals surface area contributed by atoms with Gasteiger partial charge in [-0.3, -0.25) is 9.59 Å². The molecule has 2 aromatic carbocycles. The fourth-order valence-electron chi connectivity index (χ4n) is 4.06. The first-order chi connectivity index (χ1) is 14.4. The van der Waals surface area contributed by atoms with Crippen LogP contribution in [-0.2, 0) is 4.79 Å². The maximum absolute atomic E-state index is 13.4. The molecule has 0 spiro atoms. The number of benzene rings is 2. The summed E-state index contributed by atoms with van der Waals surface area (Å²) >= 11 is 3.61. The fraction of sp³-hybridized carbons (Fsp3) is 0.417.